The standard InChI is InChI=1S/C27H34N4OS/c1-5-30-12-6-7-23(30)17-31(27(33)29-24-11-9-18(2)13-20(24)4)16-22-15-21-10-8-19(3)14-25(21)28-26(22)32/h8-11,13-15,23H,5-7,12,16-17H2,1-4H3,(H,28,32)(H,29,33). The molecule has 0 amide bonds. The molecule has 2 heterocycles. The lowest BCUT2D eigenvalue weighted by Gasteiger charge is -2.32. The summed E-state index contributed by atoms with van der Waals surface area (Å²) in [5.74, 6) is 0. The van der Waals surface area contributed by atoms with Crippen LogP contribution in [0.25, 0.3) is 10.9 Å². The van der Waals surface area contributed by atoms with Gasteiger partial charge in [0, 0.05) is 29.4 Å². The molecule has 1 aliphatic rings. The third-order valence-electron chi connectivity index (χ3n) is 6.69. The smallest absolute Gasteiger partial charge is 0.253 e. The number of rotatable bonds is 6. The van der Waals surface area contributed by atoms with Crippen LogP contribution in [-0.2, 0) is 6.54 Å². The zero-order chi connectivity index (χ0) is 23.5. The van der Waals surface area contributed by atoms with E-state index in [2.05, 4.69) is 71.2 Å². The van der Waals surface area contributed by atoms with Gasteiger partial charge in [0.2, 0.25) is 0 Å². The number of hydrogen-bond donors (Lipinski definition) is 2. The lowest BCUT2D eigenvalue weighted by Crippen LogP contribution is -2.45. The molecule has 0 saturated carbocycles. The van der Waals surface area contributed by atoms with E-state index in [1.807, 2.05) is 19.1 Å². The molecule has 1 saturated heterocycles. The van der Waals surface area contributed by atoms with Gasteiger partial charge in [0.15, 0.2) is 5.11 Å². The lowest BCUT2D eigenvalue weighted by atomic mass is 10.1. The summed E-state index contributed by atoms with van der Waals surface area (Å²) in [5.41, 5.74) is 6.09. The fraction of sp³-hybridized carbons (Fsp3) is 0.407. The average Bonchev–Trinajstić information content (AvgIpc) is 3.23. The first-order chi connectivity index (χ1) is 15.8. The maximum absolute atomic E-state index is 13.0. The summed E-state index contributed by atoms with van der Waals surface area (Å²) in [6.45, 7) is 11.9. The predicted octanol–water partition coefficient (Wildman–Crippen LogP) is 5.14. The molecule has 0 aliphatic carbocycles. The lowest BCUT2D eigenvalue weighted by molar-refractivity contribution is 0.221. The monoisotopic (exact) mass is 462 g/mol. The van der Waals surface area contributed by atoms with Gasteiger partial charge < -0.3 is 15.2 Å². The molecule has 2 aromatic carbocycles. The van der Waals surface area contributed by atoms with Gasteiger partial charge in [0.1, 0.15) is 0 Å². The Bertz CT molecular complexity index is 1220. The van der Waals surface area contributed by atoms with E-state index >= 15 is 0 Å². The number of aromatic nitrogens is 1. The second-order valence-corrected chi connectivity index (χ2v) is 9.65. The van der Waals surface area contributed by atoms with Crippen LogP contribution < -0.4 is 10.9 Å². The summed E-state index contributed by atoms with van der Waals surface area (Å²) in [6.07, 6.45) is 2.36. The summed E-state index contributed by atoms with van der Waals surface area (Å²) in [5, 5.41) is 5.16. The summed E-state index contributed by atoms with van der Waals surface area (Å²) < 4.78 is 0. The Labute approximate surface area is 201 Å². The number of aromatic amines is 1. The molecule has 4 rings (SSSR count). The van der Waals surface area contributed by atoms with Crippen molar-refractivity contribution in [1.29, 1.82) is 0 Å². The Morgan fingerprint density at radius 1 is 1.15 bits per heavy atom. The van der Waals surface area contributed by atoms with Crippen molar-refractivity contribution in [1.82, 2.24) is 14.8 Å². The molecule has 0 bridgehead atoms. The number of likely N-dealkylation sites (tertiary alicyclic amines) is 1. The number of likely N-dealkylation sites (N-methyl/N-ethyl adjacent to an activating group) is 1. The van der Waals surface area contributed by atoms with Crippen LogP contribution in [0.2, 0.25) is 0 Å². The largest absolute Gasteiger partial charge is 0.343 e. The van der Waals surface area contributed by atoms with Crippen LogP contribution in [0.3, 0.4) is 0 Å². The van der Waals surface area contributed by atoms with Gasteiger partial charge in [-0.25, -0.2) is 0 Å². The third-order valence-corrected chi connectivity index (χ3v) is 7.05. The van der Waals surface area contributed by atoms with E-state index in [0.717, 1.165) is 59.3 Å². The molecule has 1 aliphatic heterocycles. The Kier molecular flexibility index (Phi) is 7.15. The van der Waals surface area contributed by atoms with Gasteiger partial charge in [-0.2, -0.15) is 0 Å². The molecule has 1 aromatic heterocycles. The van der Waals surface area contributed by atoms with Crippen molar-refractivity contribution in [3.8, 4) is 0 Å². The number of benzene rings is 2. The maximum Gasteiger partial charge on any atom is 0.253 e. The van der Waals surface area contributed by atoms with Crippen LogP contribution in [-0.4, -0.2) is 45.6 Å². The van der Waals surface area contributed by atoms with Crippen LogP contribution >= 0.6 is 12.2 Å². The molecule has 3 aromatic rings. The normalized spacial score (nSPS) is 16.3. The van der Waals surface area contributed by atoms with Crippen molar-refractivity contribution in [3.63, 3.8) is 0 Å². The second kappa shape index (κ2) is 10.1. The summed E-state index contributed by atoms with van der Waals surface area (Å²) in [6, 6.07) is 14.9. The van der Waals surface area contributed by atoms with Crippen molar-refractivity contribution in [2.45, 2.75) is 53.1 Å². The molecule has 1 unspecified atom stereocenters. The van der Waals surface area contributed by atoms with E-state index in [4.69, 9.17) is 12.2 Å². The molecule has 5 nitrogen and oxygen atoms in total. The Hall–Kier alpha value is -2.70. The molecule has 2 N–H and O–H groups in total. The van der Waals surface area contributed by atoms with Gasteiger partial charge in [-0.05, 0) is 93.6 Å². The fourth-order valence-electron chi connectivity index (χ4n) is 4.82. The molecule has 1 atom stereocenters. The van der Waals surface area contributed by atoms with Crippen molar-refractivity contribution in [2.24, 2.45) is 0 Å². The minimum atomic E-state index is -0.0498. The van der Waals surface area contributed by atoms with Gasteiger partial charge >= 0.3 is 0 Å². The maximum atomic E-state index is 13.0. The van der Waals surface area contributed by atoms with E-state index in [9.17, 15) is 4.79 Å². The van der Waals surface area contributed by atoms with Gasteiger partial charge in [-0.15, -0.1) is 0 Å². The first-order valence-corrected chi connectivity index (χ1v) is 12.2. The van der Waals surface area contributed by atoms with Crippen molar-refractivity contribution in [3.05, 3.63) is 75.1 Å². The third kappa shape index (κ3) is 5.45. The first-order valence-electron chi connectivity index (χ1n) is 11.8. The van der Waals surface area contributed by atoms with Gasteiger partial charge in [0.05, 0.1) is 6.54 Å². The topological polar surface area (TPSA) is 51.4 Å². The molecule has 33 heavy (non-hydrogen) atoms. The number of aryl methyl sites for hydroxylation is 3. The summed E-state index contributed by atoms with van der Waals surface area (Å²) >= 11 is 5.90. The SMILES string of the molecule is CCN1CCCC1CN(Cc1cc2ccc(C)cc2[nH]c1=O)C(=S)Nc1ccc(C)cc1C. The second-order valence-electron chi connectivity index (χ2n) is 9.27. The molecule has 0 spiro atoms. The van der Waals surface area contributed by atoms with E-state index in [0.29, 0.717) is 17.7 Å². The number of pyridine rings is 1. The number of thiocarbonyl (C=S) groups is 1. The van der Waals surface area contributed by atoms with E-state index in [1.165, 1.54) is 12.0 Å². The molecular weight excluding hydrogens is 428 g/mol. The van der Waals surface area contributed by atoms with Gasteiger partial charge in [0.25, 0.3) is 5.56 Å². The van der Waals surface area contributed by atoms with Crippen LogP contribution in [0.15, 0.2) is 47.3 Å². The van der Waals surface area contributed by atoms with E-state index in [-0.39, 0.29) is 5.56 Å². The summed E-state index contributed by atoms with van der Waals surface area (Å²) in [4.78, 5) is 20.7. The molecular formula is C27H34N4OS. The minimum absolute atomic E-state index is 0.0498. The van der Waals surface area contributed by atoms with Crippen molar-refractivity contribution >= 4 is 33.9 Å². The highest BCUT2D eigenvalue weighted by Gasteiger charge is 2.27. The molecule has 0 radical (unpaired) electrons. The molecule has 6 heteroatoms. The van der Waals surface area contributed by atoms with Crippen molar-refractivity contribution in [2.75, 3.05) is 25.0 Å². The number of nitrogens with one attached hydrogen (secondary N) is 2. The quantitative estimate of drug-likeness (QED) is 0.497. The minimum Gasteiger partial charge on any atom is -0.343 e. The number of hydrogen-bond acceptors (Lipinski definition) is 3. The Balaban J connectivity index is 1.62. The predicted molar refractivity (Wildman–Crippen MR) is 142 cm³/mol. The zero-order valence-corrected chi connectivity index (χ0v) is 20.9. The van der Waals surface area contributed by atoms with Crippen molar-refractivity contribution < 1.29 is 0 Å². The number of anilines is 1. The van der Waals surface area contributed by atoms with Gasteiger partial charge in [-0.1, -0.05) is 36.8 Å². The Morgan fingerprint density at radius 3 is 2.67 bits per heavy atom. The average molecular weight is 463 g/mol. The highest BCUT2D eigenvalue weighted by molar-refractivity contribution is 7.80. The van der Waals surface area contributed by atoms with Crippen LogP contribution in [0, 0.1) is 20.8 Å². The number of nitrogens with zero attached hydrogens (tertiary/aromatic N) is 2. The zero-order valence-electron chi connectivity index (χ0n) is 20.1. The van der Waals surface area contributed by atoms with Gasteiger partial charge in [-0.3, -0.25) is 9.69 Å². The van der Waals surface area contributed by atoms with E-state index < -0.39 is 0 Å². The first kappa shape index (κ1) is 23.5. The highest BCUT2D eigenvalue weighted by Crippen LogP contribution is 2.22. The van der Waals surface area contributed by atoms with E-state index in [1.54, 1.807) is 0 Å². The van der Waals surface area contributed by atoms with Crippen LogP contribution in [0.5, 0.6) is 0 Å². The fourth-order valence-corrected chi connectivity index (χ4v) is 5.07. The highest BCUT2D eigenvalue weighted by atomic mass is 32.1. The number of fused-ring (bicyclic) bond motifs is 1. The molecule has 1 fully saturated rings. The number of H-pyrrole nitrogens is 1. The van der Waals surface area contributed by atoms with Crippen LogP contribution in [0.4, 0.5) is 5.69 Å². The Morgan fingerprint density at radius 2 is 1.91 bits per heavy atom. The van der Waals surface area contributed by atoms with Crippen LogP contribution in [0.1, 0.15) is 42.0 Å². The molecule has 174 valence electrons. The summed E-state index contributed by atoms with van der Waals surface area (Å²) in [7, 11) is 0.